The van der Waals surface area contributed by atoms with E-state index in [-0.39, 0.29) is 5.75 Å². The highest BCUT2D eigenvalue weighted by atomic mass is 19.1. The molecule has 0 saturated heterocycles. The van der Waals surface area contributed by atoms with Crippen LogP contribution in [0.5, 0.6) is 5.75 Å². The molecule has 1 aromatic rings. The van der Waals surface area contributed by atoms with E-state index in [0.29, 0.717) is 31.3 Å². The summed E-state index contributed by atoms with van der Waals surface area (Å²) in [6.07, 6.45) is 0.334. The Labute approximate surface area is 114 Å². The second kappa shape index (κ2) is 8.12. The molecule has 0 aliphatic carbocycles. The van der Waals surface area contributed by atoms with Gasteiger partial charge in [0.1, 0.15) is 6.61 Å². The second-order valence-corrected chi connectivity index (χ2v) is 5.01. The predicted molar refractivity (Wildman–Crippen MR) is 72.8 cm³/mol. The number of rotatable bonds is 8. The van der Waals surface area contributed by atoms with Gasteiger partial charge >= 0.3 is 0 Å². The number of hydrogen-bond donors (Lipinski definition) is 1. The van der Waals surface area contributed by atoms with Crippen LogP contribution in [0, 0.1) is 11.7 Å². The molecule has 4 heteroatoms. The Morgan fingerprint density at radius 2 is 1.89 bits per heavy atom. The Hall–Kier alpha value is -1.13. The summed E-state index contributed by atoms with van der Waals surface area (Å²) in [7, 11) is 0. The van der Waals surface area contributed by atoms with E-state index in [1.165, 1.54) is 12.1 Å². The molecule has 1 aromatic carbocycles. The van der Waals surface area contributed by atoms with Crippen molar-refractivity contribution in [2.45, 2.75) is 33.3 Å². The minimum atomic E-state index is -0.678. The molecule has 0 amide bonds. The van der Waals surface area contributed by atoms with Crippen LogP contribution in [-0.4, -0.2) is 24.9 Å². The molecule has 0 bridgehead atoms. The van der Waals surface area contributed by atoms with Gasteiger partial charge in [0.15, 0.2) is 11.6 Å². The number of halogens is 1. The Balaban J connectivity index is 2.30. The lowest BCUT2D eigenvalue weighted by molar-refractivity contribution is 0.0912. The van der Waals surface area contributed by atoms with Gasteiger partial charge in [-0.3, -0.25) is 0 Å². The van der Waals surface area contributed by atoms with E-state index >= 15 is 0 Å². The lowest BCUT2D eigenvalue weighted by Gasteiger charge is -2.10. The summed E-state index contributed by atoms with van der Waals surface area (Å²) >= 11 is 0. The molecule has 108 valence electrons. The summed E-state index contributed by atoms with van der Waals surface area (Å²) in [4.78, 5) is 0. The first-order valence-electron chi connectivity index (χ1n) is 6.68. The second-order valence-electron chi connectivity index (χ2n) is 5.01. The molecule has 0 aromatic heterocycles. The average Bonchev–Trinajstić information content (AvgIpc) is 2.34. The Morgan fingerprint density at radius 1 is 1.16 bits per heavy atom. The van der Waals surface area contributed by atoms with E-state index in [1.54, 1.807) is 13.0 Å². The fourth-order valence-electron chi connectivity index (χ4n) is 1.53. The van der Waals surface area contributed by atoms with Crippen LogP contribution in [0.3, 0.4) is 0 Å². The molecule has 3 nitrogen and oxygen atoms in total. The summed E-state index contributed by atoms with van der Waals surface area (Å²) in [5, 5.41) is 9.33. The van der Waals surface area contributed by atoms with Crippen molar-refractivity contribution >= 4 is 0 Å². The third-order valence-electron chi connectivity index (χ3n) is 2.76. The van der Waals surface area contributed by atoms with E-state index in [2.05, 4.69) is 13.8 Å². The molecule has 0 spiro atoms. The van der Waals surface area contributed by atoms with Crippen molar-refractivity contribution in [3.8, 4) is 5.75 Å². The highest BCUT2D eigenvalue weighted by Crippen LogP contribution is 2.21. The maximum Gasteiger partial charge on any atom is 0.165 e. The van der Waals surface area contributed by atoms with Gasteiger partial charge in [-0.1, -0.05) is 19.9 Å². The first kappa shape index (κ1) is 15.9. The third-order valence-corrected chi connectivity index (χ3v) is 2.76. The van der Waals surface area contributed by atoms with Crippen LogP contribution in [0.1, 0.15) is 38.9 Å². The summed E-state index contributed by atoms with van der Waals surface area (Å²) in [6.45, 7) is 7.34. The molecule has 1 unspecified atom stereocenters. The monoisotopic (exact) mass is 270 g/mol. The van der Waals surface area contributed by atoms with Crippen LogP contribution in [0.4, 0.5) is 4.39 Å². The van der Waals surface area contributed by atoms with Gasteiger partial charge in [-0.2, -0.15) is 0 Å². The molecule has 0 heterocycles. The number of aliphatic hydroxyl groups is 1. The van der Waals surface area contributed by atoms with E-state index in [4.69, 9.17) is 9.47 Å². The standard InChI is InChI=1S/C15H23FO3/c1-11(2)6-7-18-8-9-19-15-5-4-13(12(3)17)10-14(15)16/h4-5,10-12,17H,6-9H2,1-3H3. The lowest BCUT2D eigenvalue weighted by Crippen LogP contribution is -2.09. The maximum absolute atomic E-state index is 13.6. The van der Waals surface area contributed by atoms with Gasteiger partial charge in [0.25, 0.3) is 0 Å². The molecule has 0 saturated carbocycles. The summed E-state index contributed by atoms with van der Waals surface area (Å²) < 4.78 is 24.3. The van der Waals surface area contributed by atoms with Gasteiger partial charge in [-0.05, 0) is 37.0 Å². The zero-order chi connectivity index (χ0) is 14.3. The van der Waals surface area contributed by atoms with Gasteiger partial charge in [0.2, 0.25) is 0 Å². The normalized spacial score (nSPS) is 12.7. The molecule has 1 atom stereocenters. The van der Waals surface area contributed by atoms with Crippen LogP contribution in [0.15, 0.2) is 18.2 Å². The first-order chi connectivity index (χ1) is 9.00. The predicted octanol–water partition coefficient (Wildman–Crippen LogP) is 3.32. The zero-order valence-corrected chi connectivity index (χ0v) is 11.9. The molecule has 0 aliphatic rings. The van der Waals surface area contributed by atoms with Gasteiger partial charge in [-0.25, -0.2) is 4.39 Å². The summed E-state index contributed by atoms with van der Waals surface area (Å²) in [5.74, 6) is 0.351. The first-order valence-corrected chi connectivity index (χ1v) is 6.68. The SMILES string of the molecule is CC(C)CCOCCOc1ccc(C(C)O)cc1F. The largest absolute Gasteiger partial charge is 0.488 e. The van der Waals surface area contributed by atoms with Gasteiger partial charge in [0, 0.05) is 6.61 Å². The Bertz CT molecular complexity index is 378. The van der Waals surface area contributed by atoms with Crippen molar-refractivity contribution in [1.29, 1.82) is 0 Å². The summed E-state index contributed by atoms with van der Waals surface area (Å²) in [5.41, 5.74) is 0.540. The van der Waals surface area contributed by atoms with Crippen molar-refractivity contribution in [2.75, 3.05) is 19.8 Å². The van der Waals surface area contributed by atoms with Crippen LogP contribution < -0.4 is 4.74 Å². The van der Waals surface area contributed by atoms with Crippen molar-refractivity contribution in [1.82, 2.24) is 0 Å². The fraction of sp³-hybridized carbons (Fsp3) is 0.600. The molecular weight excluding hydrogens is 247 g/mol. The quantitative estimate of drug-likeness (QED) is 0.736. The number of ether oxygens (including phenoxy) is 2. The smallest absolute Gasteiger partial charge is 0.165 e. The molecule has 1 N–H and O–H groups in total. The topological polar surface area (TPSA) is 38.7 Å². The molecule has 0 radical (unpaired) electrons. The Kier molecular flexibility index (Phi) is 6.81. The van der Waals surface area contributed by atoms with Crippen LogP contribution >= 0.6 is 0 Å². The summed E-state index contributed by atoms with van der Waals surface area (Å²) in [6, 6.07) is 4.48. The lowest BCUT2D eigenvalue weighted by atomic mass is 10.1. The highest BCUT2D eigenvalue weighted by molar-refractivity contribution is 5.30. The van der Waals surface area contributed by atoms with Crippen LogP contribution in [-0.2, 0) is 4.74 Å². The Morgan fingerprint density at radius 3 is 2.47 bits per heavy atom. The van der Waals surface area contributed by atoms with Crippen molar-refractivity contribution < 1.29 is 19.0 Å². The molecular formula is C15H23FO3. The van der Waals surface area contributed by atoms with Gasteiger partial charge < -0.3 is 14.6 Å². The maximum atomic E-state index is 13.6. The fourth-order valence-corrected chi connectivity index (χ4v) is 1.53. The van der Waals surface area contributed by atoms with Gasteiger partial charge in [-0.15, -0.1) is 0 Å². The van der Waals surface area contributed by atoms with Crippen molar-refractivity contribution in [2.24, 2.45) is 5.92 Å². The van der Waals surface area contributed by atoms with E-state index < -0.39 is 11.9 Å². The molecule has 19 heavy (non-hydrogen) atoms. The number of hydrogen-bond acceptors (Lipinski definition) is 3. The minimum Gasteiger partial charge on any atom is -0.488 e. The highest BCUT2D eigenvalue weighted by Gasteiger charge is 2.07. The van der Waals surface area contributed by atoms with Crippen molar-refractivity contribution in [3.63, 3.8) is 0 Å². The van der Waals surface area contributed by atoms with Crippen LogP contribution in [0.25, 0.3) is 0 Å². The van der Waals surface area contributed by atoms with E-state index in [0.717, 1.165) is 6.42 Å². The minimum absolute atomic E-state index is 0.192. The molecule has 0 fully saturated rings. The van der Waals surface area contributed by atoms with E-state index in [9.17, 15) is 9.50 Å². The van der Waals surface area contributed by atoms with Gasteiger partial charge in [0.05, 0.1) is 12.7 Å². The molecule has 1 rings (SSSR count). The van der Waals surface area contributed by atoms with E-state index in [1.807, 2.05) is 0 Å². The zero-order valence-electron chi connectivity index (χ0n) is 11.9. The van der Waals surface area contributed by atoms with Crippen molar-refractivity contribution in [3.05, 3.63) is 29.6 Å². The molecule has 0 aliphatic heterocycles. The van der Waals surface area contributed by atoms with Crippen LogP contribution in [0.2, 0.25) is 0 Å². The number of aliphatic hydroxyl groups excluding tert-OH is 1. The average molecular weight is 270 g/mol. The number of benzene rings is 1. The third kappa shape index (κ3) is 6.03.